The smallest absolute Gasteiger partial charge is 0.317 e. The Hall–Kier alpha value is -1.14. The molecule has 0 heterocycles. The summed E-state index contributed by atoms with van der Waals surface area (Å²) in [6, 6.07) is 0. The Bertz CT molecular complexity index is 328. The van der Waals surface area contributed by atoms with E-state index >= 15 is 0 Å². The first kappa shape index (κ1) is 21.9. The highest BCUT2D eigenvalue weighted by atomic mass is 16.6. The number of carbonyl (C=O) groups is 2. The van der Waals surface area contributed by atoms with E-state index in [1.165, 1.54) is 0 Å². The van der Waals surface area contributed by atoms with E-state index in [4.69, 9.17) is 18.9 Å². The van der Waals surface area contributed by atoms with Gasteiger partial charge in [-0.05, 0) is 41.5 Å². The second kappa shape index (κ2) is 10.6. The third kappa shape index (κ3) is 12.0. The Morgan fingerprint density at radius 2 is 1.09 bits per heavy atom. The summed E-state index contributed by atoms with van der Waals surface area (Å²) in [6.45, 7) is 13.2. The maximum Gasteiger partial charge on any atom is 0.317 e. The minimum atomic E-state index is -0.577. The molecule has 6 heteroatoms. The summed E-state index contributed by atoms with van der Waals surface area (Å²) < 4.78 is 21.1. The molecule has 23 heavy (non-hydrogen) atoms. The molecule has 0 saturated heterocycles. The number of rotatable bonds is 12. The van der Waals surface area contributed by atoms with Crippen LogP contribution in [0.15, 0.2) is 0 Å². The number of ether oxygens (including phenoxy) is 4. The van der Waals surface area contributed by atoms with Crippen LogP contribution in [-0.4, -0.2) is 49.6 Å². The van der Waals surface area contributed by atoms with Gasteiger partial charge in [0.2, 0.25) is 0 Å². The first-order valence-electron chi connectivity index (χ1n) is 8.21. The molecule has 0 aromatic heterocycles. The zero-order chi connectivity index (χ0) is 17.9. The molecular formula is C17H32O6. The van der Waals surface area contributed by atoms with Crippen LogP contribution >= 0.6 is 0 Å². The van der Waals surface area contributed by atoms with Crippen molar-refractivity contribution >= 4 is 11.9 Å². The van der Waals surface area contributed by atoms with Crippen LogP contribution < -0.4 is 0 Å². The van der Waals surface area contributed by atoms with Crippen molar-refractivity contribution in [2.45, 2.75) is 72.0 Å². The van der Waals surface area contributed by atoms with Crippen LogP contribution in [0.1, 0.15) is 60.8 Å². The standard InChI is InChI=1S/C17H32O6/c1-7-22-16(3,4)9-11-20-14(18)13-15(19)21-12-10-17(5,6)23-8-2/h7-13H2,1-6H3. The third-order valence-corrected chi connectivity index (χ3v) is 3.29. The van der Waals surface area contributed by atoms with Crippen LogP contribution in [0.5, 0.6) is 0 Å². The minimum Gasteiger partial charge on any atom is -0.465 e. The van der Waals surface area contributed by atoms with E-state index in [9.17, 15) is 9.59 Å². The summed E-state index contributed by atoms with van der Waals surface area (Å²) in [4.78, 5) is 23.1. The van der Waals surface area contributed by atoms with E-state index in [-0.39, 0.29) is 30.8 Å². The molecule has 0 unspecified atom stereocenters. The molecule has 0 N–H and O–H groups in total. The fraction of sp³-hybridized carbons (Fsp3) is 0.882. The molecular weight excluding hydrogens is 300 g/mol. The molecule has 0 saturated carbocycles. The first-order chi connectivity index (χ1) is 10.6. The molecule has 0 atom stereocenters. The minimum absolute atomic E-state index is 0.219. The van der Waals surface area contributed by atoms with Gasteiger partial charge in [0.05, 0.1) is 24.4 Å². The Kier molecular flexibility index (Phi) is 10.1. The fourth-order valence-corrected chi connectivity index (χ4v) is 1.97. The van der Waals surface area contributed by atoms with Gasteiger partial charge in [-0.1, -0.05) is 0 Å². The lowest BCUT2D eigenvalue weighted by atomic mass is 10.1. The van der Waals surface area contributed by atoms with Crippen molar-refractivity contribution in [3.8, 4) is 0 Å². The van der Waals surface area contributed by atoms with Crippen LogP contribution in [0.4, 0.5) is 0 Å². The van der Waals surface area contributed by atoms with Gasteiger partial charge in [0.15, 0.2) is 0 Å². The van der Waals surface area contributed by atoms with Crippen LogP contribution in [0.3, 0.4) is 0 Å². The van der Waals surface area contributed by atoms with Gasteiger partial charge in [-0.2, -0.15) is 0 Å². The predicted molar refractivity (Wildman–Crippen MR) is 87.2 cm³/mol. The van der Waals surface area contributed by atoms with Crippen molar-refractivity contribution in [2.24, 2.45) is 0 Å². The summed E-state index contributed by atoms with van der Waals surface area (Å²) in [5.74, 6) is -1.15. The van der Waals surface area contributed by atoms with Crippen molar-refractivity contribution in [1.29, 1.82) is 0 Å². The lowest BCUT2D eigenvalue weighted by molar-refractivity contribution is -0.156. The lowest BCUT2D eigenvalue weighted by Crippen LogP contribution is -2.28. The van der Waals surface area contributed by atoms with E-state index in [1.54, 1.807) is 0 Å². The lowest BCUT2D eigenvalue weighted by Gasteiger charge is -2.24. The fourth-order valence-electron chi connectivity index (χ4n) is 1.97. The summed E-state index contributed by atoms with van der Waals surface area (Å²) >= 11 is 0. The van der Waals surface area contributed by atoms with E-state index in [1.807, 2.05) is 41.5 Å². The summed E-state index contributed by atoms with van der Waals surface area (Å²) in [7, 11) is 0. The topological polar surface area (TPSA) is 71.1 Å². The third-order valence-electron chi connectivity index (χ3n) is 3.29. The summed E-state index contributed by atoms with van der Waals surface area (Å²) in [5, 5.41) is 0. The second-order valence-corrected chi connectivity index (χ2v) is 6.50. The number of carbonyl (C=O) groups excluding carboxylic acids is 2. The normalized spacial score (nSPS) is 12.1. The highest BCUT2D eigenvalue weighted by Crippen LogP contribution is 2.15. The Labute approximate surface area is 139 Å². The van der Waals surface area contributed by atoms with Crippen LogP contribution in [0.25, 0.3) is 0 Å². The molecule has 0 bridgehead atoms. The van der Waals surface area contributed by atoms with Crippen molar-refractivity contribution < 1.29 is 28.5 Å². The van der Waals surface area contributed by atoms with Crippen molar-refractivity contribution in [1.82, 2.24) is 0 Å². The van der Waals surface area contributed by atoms with Gasteiger partial charge < -0.3 is 18.9 Å². The second-order valence-electron chi connectivity index (χ2n) is 6.50. The van der Waals surface area contributed by atoms with E-state index in [0.717, 1.165) is 0 Å². The van der Waals surface area contributed by atoms with Crippen LogP contribution in [-0.2, 0) is 28.5 Å². The predicted octanol–water partition coefficient (Wildman–Crippen LogP) is 2.87. The zero-order valence-electron chi connectivity index (χ0n) is 15.4. The van der Waals surface area contributed by atoms with Crippen molar-refractivity contribution in [2.75, 3.05) is 26.4 Å². The summed E-state index contributed by atoms with van der Waals surface area (Å²) in [5.41, 5.74) is -0.694. The van der Waals surface area contributed by atoms with Gasteiger partial charge in [-0.15, -0.1) is 0 Å². The molecule has 0 radical (unpaired) electrons. The molecule has 136 valence electrons. The largest absolute Gasteiger partial charge is 0.465 e. The number of hydrogen-bond donors (Lipinski definition) is 0. The average Bonchev–Trinajstić information content (AvgIpc) is 2.37. The van der Waals surface area contributed by atoms with E-state index in [0.29, 0.717) is 26.1 Å². The number of esters is 2. The molecule has 0 aliphatic carbocycles. The molecule has 0 rings (SSSR count). The van der Waals surface area contributed by atoms with Gasteiger partial charge in [0, 0.05) is 26.1 Å². The van der Waals surface area contributed by atoms with Crippen LogP contribution in [0, 0.1) is 0 Å². The van der Waals surface area contributed by atoms with Crippen molar-refractivity contribution in [3.63, 3.8) is 0 Å². The maximum absolute atomic E-state index is 11.6. The van der Waals surface area contributed by atoms with Gasteiger partial charge in [-0.3, -0.25) is 9.59 Å². The molecule has 0 spiro atoms. The highest BCUT2D eigenvalue weighted by molar-refractivity contribution is 5.91. The maximum atomic E-state index is 11.6. The van der Waals surface area contributed by atoms with E-state index < -0.39 is 11.9 Å². The van der Waals surface area contributed by atoms with Gasteiger partial charge in [-0.25, -0.2) is 0 Å². The monoisotopic (exact) mass is 332 g/mol. The summed E-state index contributed by atoms with van der Waals surface area (Å²) in [6.07, 6.45) is 0.776. The Morgan fingerprint density at radius 1 is 0.739 bits per heavy atom. The quantitative estimate of drug-likeness (QED) is 0.404. The van der Waals surface area contributed by atoms with E-state index in [2.05, 4.69) is 0 Å². The molecule has 0 aliphatic rings. The zero-order valence-corrected chi connectivity index (χ0v) is 15.4. The number of hydrogen-bond acceptors (Lipinski definition) is 6. The highest BCUT2D eigenvalue weighted by Gasteiger charge is 2.21. The molecule has 0 aliphatic heterocycles. The molecule has 0 aromatic carbocycles. The van der Waals surface area contributed by atoms with Gasteiger partial charge >= 0.3 is 11.9 Å². The first-order valence-corrected chi connectivity index (χ1v) is 8.21. The SMILES string of the molecule is CCOC(C)(C)CCOC(=O)CC(=O)OCCC(C)(C)OCC. The molecule has 0 aromatic rings. The Morgan fingerprint density at radius 3 is 1.39 bits per heavy atom. The van der Waals surface area contributed by atoms with Gasteiger partial charge in [0.25, 0.3) is 0 Å². The van der Waals surface area contributed by atoms with Crippen LogP contribution in [0.2, 0.25) is 0 Å². The average molecular weight is 332 g/mol. The van der Waals surface area contributed by atoms with Crippen molar-refractivity contribution in [3.05, 3.63) is 0 Å². The Balaban J connectivity index is 3.88. The molecule has 6 nitrogen and oxygen atoms in total. The molecule has 0 amide bonds. The van der Waals surface area contributed by atoms with Gasteiger partial charge in [0.1, 0.15) is 6.42 Å². The molecule has 0 fully saturated rings.